The molecule has 5 rings (SSSR count). The van der Waals surface area contributed by atoms with Crippen molar-refractivity contribution in [1.82, 2.24) is 10.3 Å². The zero-order chi connectivity index (χ0) is 22.9. The molecule has 0 atom stereocenters. The van der Waals surface area contributed by atoms with Crippen LogP contribution in [-0.4, -0.2) is 28.4 Å². The van der Waals surface area contributed by atoms with Gasteiger partial charge in [0.2, 0.25) is 0 Å². The number of aromatic nitrogens is 1. The van der Waals surface area contributed by atoms with E-state index in [0.29, 0.717) is 28.4 Å². The molecular weight excluding hydrogens is 432 g/mol. The van der Waals surface area contributed by atoms with Gasteiger partial charge >= 0.3 is 0 Å². The number of thiazole rings is 1. The lowest BCUT2D eigenvalue weighted by Crippen LogP contribution is -2.27. The van der Waals surface area contributed by atoms with Crippen molar-refractivity contribution in [2.24, 2.45) is 0 Å². The van der Waals surface area contributed by atoms with Gasteiger partial charge in [0.05, 0.1) is 22.3 Å². The highest BCUT2D eigenvalue weighted by Gasteiger charge is 2.31. The van der Waals surface area contributed by atoms with Crippen LogP contribution in [0.5, 0.6) is 0 Å². The number of nitrogens with zero attached hydrogens (tertiary/aromatic N) is 2. The molecule has 0 bridgehead atoms. The Labute approximate surface area is 195 Å². The standard InChI is InChI=1S/C26H22N4O2S/c1-16-6-4-7-17(12-16)14-28-25(32)18-8-5-9-19(13-18)30-15-21(31)23(24(30)27)26-29-20-10-2-3-11-22(20)33-26/h2-13,27,31H,14-15H2,1H3,(H,28,32). The van der Waals surface area contributed by atoms with E-state index in [0.717, 1.165) is 21.3 Å². The summed E-state index contributed by atoms with van der Waals surface area (Å²) < 4.78 is 1.01. The number of hydrogen-bond acceptors (Lipinski definition) is 5. The number of anilines is 1. The van der Waals surface area contributed by atoms with Gasteiger partial charge < -0.3 is 15.3 Å². The lowest BCUT2D eigenvalue weighted by Gasteiger charge is -2.19. The maximum Gasteiger partial charge on any atom is 0.251 e. The van der Waals surface area contributed by atoms with Gasteiger partial charge in [0.15, 0.2) is 0 Å². The van der Waals surface area contributed by atoms with Gasteiger partial charge in [0.1, 0.15) is 16.6 Å². The van der Waals surface area contributed by atoms with E-state index in [4.69, 9.17) is 5.41 Å². The van der Waals surface area contributed by atoms with Gasteiger partial charge in [-0.1, -0.05) is 48.0 Å². The molecule has 3 aromatic carbocycles. The summed E-state index contributed by atoms with van der Waals surface area (Å²) in [6.45, 7) is 2.62. The van der Waals surface area contributed by atoms with Crippen LogP contribution < -0.4 is 10.2 Å². The second-order valence-electron chi connectivity index (χ2n) is 7.97. The first-order valence-electron chi connectivity index (χ1n) is 10.6. The molecule has 7 heteroatoms. The Kier molecular flexibility index (Phi) is 5.40. The Morgan fingerprint density at radius 1 is 1.12 bits per heavy atom. The minimum Gasteiger partial charge on any atom is -0.510 e. The molecule has 0 radical (unpaired) electrons. The quantitative estimate of drug-likeness (QED) is 0.382. The Hall–Kier alpha value is -3.97. The smallest absolute Gasteiger partial charge is 0.251 e. The van der Waals surface area contributed by atoms with Crippen LogP contribution in [0.1, 0.15) is 26.5 Å². The maximum atomic E-state index is 12.7. The van der Waals surface area contributed by atoms with Crippen LogP contribution in [0.15, 0.2) is 78.6 Å². The average Bonchev–Trinajstić information content (AvgIpc) is 3.37. The summed E-state index contributed by atoms with van der Waals surface area (Å²) in [4.78, 5) is 19.0. The van der Waals surface area contributed by atoms with Gasteiger partial charge in [-0.05, 0) is 42.8 Å². The van der Waals surface area contributed by atoms with E-state index >= 15 is 0 Å². The Morgan fingerprint density at radius 3 is 2.76 bits per heavy atom. The molecule has 3 N–H and O–H groups in total. The van der Waals surface area contributed by atoms with Gasteiger partial charge in [-0.15, -0.1) is 11.3 Å². The summed E-state index contributed by atoms with van der Waals surface area (Å²) in [7, 11) is 0. The summed E-state index contributed by atoms with van der Waals surface area (Å²) in [5, 5.41) is 22.9. The van der Waals surface area contributed by atoms with E-state index in [-0.39, 0.29) is 24.0 Å². The summed E-state index contributed by atoms with van der Waals surface area (Å²) in [6, 6.07) is 22.9. The third-order valence-corrected chi connectivity index (χ3v) is 6.62. The van der Waals surface area contributed by atoms with Gasteiger partial charge in [-0.2, -0.15) is 0 Å². The molecule has 33 heavy (non-hydrogen) atoms. The number of carbonyl (C=O) groups is 1. The molecule has 0 aliphatic carbocycles. The highest BCUT2D eigenvalue weighted by molar-refractivity contribution is 7.19. The normalized spacial score (nSPS) is 13.7. The molecule has 2 heterocycles. The zero-order valence-electron chi connectivity index (χ0n) is 18.0. The van der Waals surface area contributed by atoms with E-state index in [9.17, 15) is 9.90 Å². The zero-order valence-corrected chi connectivity index (χ0v) is 18.8. The third-order valence-electron chi connectivity index (χ3n) is 5.57. The first kappa shape index (κ1) is 20.9. The van der Waals surface area contributed by atoms with Crippen molar-refractivity contribution < 1.29 is 9.90 Å². The molecule has 0 saturated heterocycles. The van der Waals surface area contributed by atoms with E-state index in [1.165, 1.54) is 11.3 Å². The monoisotopic (exact) mass is 454 g/mol. The summed E-state index contributed by atoms with van der Waals surface area (Å²) in [5.41, 5.74) is 4.64. The fraction of sp³-hybridized carbons (Fsp3) is 0.115. The maximum absolute atomic E-state index is 12.7. The molecule has 1 aromatic heterocycles. The van der Waals surface area contributed by atoms with Crippen LogP contribution in [0.4, 0.5) is 5.69 Å². The van der Waals surface area contributed by atoms with E-state index < -0.39 is 0 Å². The number of aryl methyl sites for hydroxylation is 1. The number of fused-ring (bicyclic) bond motifs is 1. The molecular formula is C26H22N4O2S. The van der Waals surface area contributed by atoms with Gasteiger partial charge in [-0.25, -0.2) is 4.98 Å². The number of benzene rings is 3. The van der Waals surface area contributed by atoms with E-state index in [1.54, 1.807) is 23.1 Å². The Morgan fingerprint density at radius 2 is 1.94 bits per heavy atom. The number of amides is 1. The molecule has 0 spiro atoms. The molecule has 1 amide bonds. The molecule has 164 valence electrons. The van der Waals surface area contributed by atoms with Crippen molar-refractivity contribution >= 4 is 44.6 Å². The predicted octanol–water partition coefficient (Wildman–Crippen LogP) is 5.30. The Bertz CT molecular complexity index is 1390. The Balaban J connectivity index is 1.34. The van der Waals surface area contributed by atoms with Crippen LogP contribution in [0, 0.1) is 12.3 Å². The molecule has 1 aliphatic rings. The average molecular weight is 455 g/mol. The van der Waals surface area contributed by atoms with Crippen molar-refractivity contribution in [2.75, 3.05) is 11.4 Å². The molecule has 4 aromatic rings. The first-order valence-corrected chi connectivity index (χ1v) is 11.4. The van der Waals surface area contributed by atoms with Gasteiger partial charge in [0.25, 0.3) is 5.91 Å². The van der Waals surface area contributed by atoms with Crippen molar-refractivity contribution in [3.8, 4) is 0 Å². The number of nitrogens with one attached hydrogen (secondary N) is 2. The second-order valence-corrected chi connectivity index (χ2v) is 9.00. The second kappa shape index (κ2) is 8.52. The van der Waals surface area contributed by atoms with Crippen LogP contribution in [0.2, 0.25) is 0 Å². The lowest BCUT2D eigenvalue weighted by molar-refractivity contribution is 0.0951. The third kappa shape index (κ3) is 4.10. The van der Waals surface area contributed by atoms with E-state index in [2.05, 4.69) is 10.3 Å². The van der Waals surface area contributed by atoms with Crippen LogP contribution in [0.3, 0.4) is 0 Å². The van der Waals surface area contributed by atoms with E-state index in [1.807, 2.05) is 61.5 Å². The lowest BCUT2D eigenvalue weighted by atomic mass is 10.1. The summed E-state index contributed by atoms with van der Waals surface area (Å²) in [6.07, 6.45) is 0. The number of carbonyl (C=O) groups excluding carboxylic acids is 1. The van der Waals surface area contributed by atoms with Gasteiger partial charge in [-0.3, -0.25) is 10.2 Å². The van der Waals surface area contributed by atoms with Crippen LogP contribution >= 0.6 is 11.3 Å². The number of aliphatic hydroxyl groups excluding tert-OH is 1. The largest absolute Gasteiger partial charge is 0.510 e. The summed E-state index contributed by atoms with van der Waals surface area (Å²) in [5.74, 6) is 0.0879. The SMILES string of the molecule is Cc1cccc(CNC(=O)c2cccc(N3CC(O)=C(c4nc5ccccc5s4)C3=N)c2)c1. The van der Waals surface area contributed by atoms with Crippen LogP contribution in [0.25, 0.3) is 15.8 Å². The molecule has 0 unspecified atom stereocenters. The fourth-order valence-corrected chi connectivity index (χ4v) is 4.96. The molecule has 0 fully saturated rings. The number of aliphatic hydroxyl groups is 1. The topological polar surface area (TPSA) is 89.3 Å². The number of amidine groups is 1. The molecule has 1 aliphatic heterocycles. The minimum atomic E-state index is -0.187. The van der Waals surface area contributed by atoms with Crippen molar-refractivity contribution in [3.63, 3.8) is 0 Å². The van der Waals surface area contributed by atoms with Crippen molar-refractivity contribution in [2.45, 2.75) is 13.5 Å². The highest BCUT2D eigenvalue weighted by atomic mass is 32.1. The van der Waals surface area contributed by atoms with Crippen LogP contribution in [-0.2, 0) is 6.54 Å². The fourth-order valence-electron chi connectivity index (χ4n) is 3.93. The van der Waals surface area contributed by atoms with Crippen molar-refractivity contribution in [3.05, 3.63) is 100 Å². The van der Waals surface area contributed by atoms with Crippen molar-refractivity contribution in [1.29, 1.82) is 5.41 Å². The predicted molar refractivity (Wildman–Crippen MR) is 133 cm³/mol. The first-order chi connectivity index (χ1) is 16.0. The highest BCUT2D eigenvalue weighted by Crippen LogP contribution is 2.35. The van der Waals surface area contributed by atoms with Gasteiger partial charge in [0, 0.05) is 17.8 Å². The number of para-hydroxylation sites is 1. The number of hydrogen-bond donors (Lipinski definition) is 3. The summed E-state index contributed by atoms with van der Waals surface area (Å²) >= 11 is 1.45. The number of rotatable bonds is 5. The minimum absolute atomic E-state index is 0.105. The molecule has 6 nitrogen and oxygen atoms in total. The molecule has 0 saturated carbocycles.